The van der Waals surface area contributed by atoms with Gasteiger partial charge in [0.15, 0.2) is 0 Å². The molecule has 126 valence electrons. The van der Waals surface area contributed by atoms with E-state index in [9.17, 15) is 14.4 Å². The number of likely N-dealkylation sites (N-methyl/N-ethyl adjacent to an activating group) is 1. The Hall–Kier alpha value is -1.57. The van der Waals surface area contributed by atoms with E-state index in [1.165, 1.54) is 4.90 Å². The van der Waals surface area contributed by atoms with Gasteiger partial charge in [-0.2, -0.15) is 0 Å². The molecule has 2 N–H and O–H groups in total. The van der Waals surface area contributed by atoms with Gasteiger partial charge in [-0.05, 0) is 24.2 Å². The van der Waals surface area contributed by atoms with Crippen molar-refractivity contribution in [3.8, 4) is 0 Å². The molecule has 8 heteroatoms. The molecular formula is C15H20ClN3O3S. The molecule has 1 aliphatic heterocycles. The largest absolute Gasteiger partial charge is 0.351 e. The first-order chi connectivity index (χ1) is 10.6. The Kier molecular flexibility index (Phi) is 8.08. The summed E-state index contributed by atoms with van der Waals surface area (Å²) in [6.45, 7) is 4.35. The normalized spacial score (nSPS) is 13.9. The standard InChI is InChI=1S/C15H19N3O3S.ClH/c1-2-16-6-7-17-14(20)12-5-3-4-11(8-12)9-18-13(19)10-22-15(18)21;/h3-5,8,16H,2,6-7,9-10H2,1H3,(H,17,20);1H. The Balaban J connectivity index is 0.00000264. The van der Waals surface area contributed by atoms with Crippen LogP contribution in [0, 0.1) is 0 Å². The number of imide groups is 1. The van der Waals surface area contributed by atoms with Gasteiger partial charge in [0.05, 0.1) is 12.3 Å². The number of halogens is 1. The molecule has 1 aromatic rings. The molecule has 6 nitrogen and oxygen atoms in total. The molecule has 3 amide bonds. The minimum atomic E-state index is -0.231. The summed E-state index contributed by atoms with van der Waals surface area (Å²) in [5.41, 5.74) is 1.30. The van der Waals surface area contributed by atoms with Crippen molar-refractivity contribution >= 4 is 41.2 Å². The van der Waals surface area contributed by atoms with Crippen LogP contribution in [0.2, 0.25) is 0 Å². The van der Waals surface area contributed by atoms with Gasteiger partial charge < -0.3 is 10.6 Å². The highest BCUT2D eigenvalue weighted by Crippen LogP contribution is 2.21. The average Bonchev–Trinajstić information content (AvgIpc) is 2.83. The first kappa shape index (κ1) is 19.5. The van der Waals surface area contributed by atoms with Crippen molar-refractivity contribution in [2.24, 2.45) is 0 Å². The van der Waals surface area contributed by atoms with Gasteiger partial charge in [-0.3, -0.25) is 19.3 Å². The summed E-state index contributed by atoms with van der Waals surface area (Å²) in [7, 11) is 0. The highest BCUT2D eigenvalue weighted by molar-refractivity contribution is 8.14. The van der Waals surface area contributed by atoms with Crippen molar-refractivity contribution in [2.45, 2.75) is 13.5 Å². The van der Waals surface area contributed by atoms with Crippen LogP contribution in [0.15, 0.2) is 24.3 Å². The fourth-order valence-corrected chi connectivity index (χ4v) is 2.80. The number of hydrogen-bond acceptors (Lipinski definition) is 5. The molecule has 0 radical (unpaired) electrons. The van der Waals surface area contributed by atoms with E-state index in [1.54, 1.807) is 24.3 Å². The van der Waals surface area contributed by atoms with E-state index < -0.39 is 0 Å². The lowest BCUT2D eigenvalue weighted by molar-refractivity contribution is -0.125. The zero-order valence-corrected chi connectivity index (χ0v) is 14.5. The molecule has 1 aromatic carbocycles. The van der Waals surface area contributed by atoms with E-state index in [2.05, 4.69) is 10.6 Å². The molecule has 0 bridgehead atoms. The van der Waals surface area contributed by atoms with Gasteiger partial charge in [-0.25, -0.2) is 0 Å². The maximum atomic E-state index is 12.0. The van der Waals surface area contributed by atoms with E-state index in [0.29, 0.717) is 12.1 Å². The molecule has 1 saturated heterocycles. The number of nitrogens with zero attached hydrogens (tertiary/aromatic N) is 1. The summed E-state index contributed by atoms with van der Waals surface area (Å²) in [6.07, 6.45) is 0. The van der Waals surface area contributed by atoms with Crippen molar-refractivity contribution in [3.05, 3.63) is 35.4 Å². The second-order valence-corrected chi connectivity index (χ2v) is 5.77. The monoisotopic (exact) mass is 357 g/mol. The molecule has 0 saturated carbocycles. The van der Waals surface area contributed by atoms with Crippen LogP contribution in [0.5, 0.6) is 0 Å². The summed E-state index contributed by atoms with van der Waals surface area (Å²) in [6, 6.07) is 6.99. The van der Waals surface area contributed by atoms with Crippen LogP contribution in [0.4, 0.5) is 4.79 Å². The van der Waals surface area contributed by atoms with E-state index in [1.807, 2.05) is 6.92 Å². The van der Waals surface area contributed by atoms with Gasteiger partial charge in [0.1, 0.15) is 0 Å². The molecule has 0 aromatic heterocycles. The molecule has 0 aliphatic carbocycles. The van der Waals surface area contributed by atoms with Gasteiger partial charge in [0.25, 0.3) is 11.1 Å². The second-order valence-electron chi connectivity index (χ2n) is 4.84. The summed E-state index contributed by atoms with van der Waals surface area (Å²) >= 11 is 1.01. The van der Waals surface area contributed by atoms with Crippen LogP contribution >= 0.6 is 24.2 Å². The minimum absolute atomic E-state index is 0. The van der Waals surface area contributed by atoms with Crippen molar-refractivity contribution in [1.82, 2.24) is 15.5 Å². The fraction of sp³-hybridized carbons (Fsp3) is 0.400. The van der Waals surface area contributed by atoms with Crippen LogP contribution in [0.1, 0.15) is 22.8 Å². The maximum absolute atomic E-state index is 12.0. The molecule has 0 spiro atoms. The maximum Gasteiger partial charge on any atom is 0.289 e. The zero-order valence-electron chi connectivity index (χ0n) is 12.8. The Morgan fingerprint density at radius 3 is 2.74 bits per heavy atom. The van der Waals surface area contributed by atoms with Gasteiger partial charge in [0.2, 0.25) is 5.91 Å². The van der Waals surface area contributed by atoms with Gasteiger partial charge in [-0.15, -0.1) is 12.4 Å². The Morgan fingerprint density at radius 1 is 1.30 bits per heavy atom. The molecule has 1 heterocycles. The summed E-state index contributed by atoms with van der Waals surface area (Å²) < 4.78 is 0. The van der Waals surface area contributed by atoms with Crippen LogP contribution in [0.25, 0.3) is 0 Å². The van der Waals surface area contributed by atoms with Crippen molar-refractivity contribution in [1.29, 1.82) is 0 Å². The Bertz CT molecular complexity index is 567. The quantitative estimate of drug-likeness (QED) is 0.725. The number of rotatable bonds is 7. The first-order valence-electron chi connectivity index (χ1n) is 7.16. The summed E-state index contributed by atoms with van der Waals surface area (Å²) in [4.78, 5) is 36.5. The van der Waals surface area contributed by atoms with Crippen molar-refractivity contribution < 1.29 is 14.4 Å². The van der Waals surface area contributed by atoms with Crippen molar-refractivity contribution in [2.75, 3.05) is 25.4 Å². The lowest BCUT2D eigenvalue weighted by Gasteiger charge is -2.13. The number of benzene rings is 1. The number of nitrogens with one attached hydrogen (secondary N) is 2. The van der Waals surface area contributed by atoms with E-state index in [-0.39, 0.29) is 41.8 Å². The van der Waals surface area contributed by atoms with Gasteiger partial charge in [-0.1, -0.05) is 30.8 Å². The van der Waals surface area contributed by atoms with Crippen LogP contribution in [0.3, 0.4) is 0 Å². The predicted molar refractivity (Wildman–Crippen MR) is 93.0 cm³/mol. The number of carbonyl (C=O) groups is 3. The third kappa shape index (κ3) is 5.53. The summed E-state index contributed by atoms with van der Waals surface area (Å²) in [5.74, 6) is -0.146. The van der Waals surface area contributed by atoms with Crippen LogP contribution in [-0.2, 0) is 11.3 Å². The Labute approximate surface area is 145 Å². The number of thioether (sulfide) groups is 1. The van der Waals surface area contributed by atoms with E-state index in [0.717, 1.165) is 30.4 Å². The van der Waals surface area contributed by atoms with Crippen LogP contribution in [-0.4, -0.2) is 47.3 Å². The minimum Gasteiger partial charge on any atom is -0.351 e. The molecule has 0 unspecified atom stereocenters. The van der Waals surface area contributed by atoms with E-state index in [4.69, 9.17) is 0 Å². The third-order valence-corrected chi connectivity index (χ3v) is 4.07. The molecule has 23 heavy (non-hydrogen) atoms. The smallest absolute Gasteiger partial charge is 0.289 e. The molecular weight excluding hydrogens is 338 g/mol. The van der Waals surface area contributed by atoms with Crippen molar-refractivity contribution in [3.63, 3.8) is 0 Å². The second kappa shape index (κ2) is 9.54. The fourth-order valence-electron chi connectivity index (χ4n) is 2.07. The van der Waals surface area contributed by atoms with Gasteiger partial charge in [0, 0.05) is 18.7 Å². The first-order valence-corrected chi connectivity index (χ1v) is 8.15. The molecule has 0 atom stereocenters. The zero-order chi connectivity index (χ0) is 15.9. The third-order valence-electron chi connectivity index (χ3n) is 3.21. The highest BCUT2D eigenvalue weighted by Gasteiger charge is 2.29. The lowest BCUT2D eigenvalue weighted by Crippen LogP contribution is -2.32. The van der Waals surface area contributed by atoms with Gasteiger partial charge >= 0.3 is 0 Å². The highest BCUT2D eigenvalue weighted by atomic mass is 35.5. The topological polar surface area (TPSA) is 78.5 Å². The number of hydrogen-bond donors (Lipinski definition) is 2. The molecule has 1 aliphatic rings. The predicted octanol–water partition coefficient (Wildman–Crippen LogP) is 1.64. The Morgan fingerprint density at radius 2 is 2.09 bits per heavy atom. The van der Waals surface area contributed by atoms with E-state index >= 15 is 0 Å². The lowest BCUT2D eigenvalue weighted by atomic mass is 10.1. The average molecular weight is 358 g/mol. The molecule has 2 rings (SSSR count). The summed E-state index contributed by atoms with van der Waals surface area (Å²) in [5, 5.41) is 5.71. The number of amides is 3. The molecule has 1 fully saturated rings. The number of carbonyl (C=O) groups excluding carboxylic acids is 3. The van der Waals surface area contributed by atoms with Crippen LogP contribution < -0.4 is 10.6 Å². The SMILES string of the molecule is CCNCCNC(=O)c1cccc(CN2C(=O)CSC2=O)c1.Cl.